The Bertz CT molecular complexity index is 518. The number of aryl methyl sites for hydroxylation is 1. The Morgan fingerprint density at radius 1 is 1.69 bits per heavy atom. The van der Waals surface area contributed by atoms with Gasteiger partial charge < -0.3 is 15.3 Å². The predicted octanol–water partition coefficient (Wildman–Crippen LogP) is 1.80. The average Bonchev–Trinajstić information content (AvgIpc) is 2.84. The molecule has 2 rings (SSSR count). The van der Waals surface area contributed by atoms with Crippen molar-refractivity contribution in [1.82, 2.24) is 4.98 Å². The van der Waals surface area contributed by atoms with E-state index in [4.69, 9.17) is 15.3 Å². The molecule has 2 aromatic rings. The number of hydrogen-bond donors (Lipinski definition) is 2. The largest absolute Gasteiger partial charge is 0.480 e. The van der Waals surface area contributed by atoms with Crippen LogP contribution >= 0.6 is 11.3 Å². The number of nitrogens with two attached hydrogens (primary N) is 1. The first-order valence-corrected chi connectivity index (χ1v) is 5.46. The Labute approximate surface area is 95.5 Å². The van der Waals surface area contributed by atoms with Crippen molar-refractivity contribution in [2.75, 3.05) is 0 Å². The Balaban J connectivity index is 2.33. The summed E-state index contributed by atoms with van der Waals surface area (Å²) in [7, 11) is 0. The third-order valence-corrected chi connectivity index (χ3v) is 3.02. The molecule has 16 heavy (non-hydrogen) atoms. The van der Waals surface area contributed by atoms with E-state index < -0.39 is 12.0 Å². The van der Waals surface area contributed by atoms with Crippen molar-refractivity contribution < 1.29 is 14.3 Å². The minimum absolute atomic E-state index is 0.350. The number of aliphatic carboxylic acids is 1. The Hall–Kier alpha value is -1.66. The lowest BCUT2D eigenvalue weighted by molar-refractivity contribution is -0.138. The highest BCUT2D eigenvalue weighted by Crippen LogP contribution is 2.28. The van der Waals surface area contributed by atoms with Crippen LogP contribution in [0.5, 0.6) is 0 Å². The first kappa shape index (κ1) is 10.8. The lowest BCUT2D eigenvalue weighted by Crippen LogP contribution is -2.20. The van der Waals surface area contributed by atoms with E-state index in [-0.39, 0.29) is 0 Å². The van der Waals surface area contributed by atoms with Crippen LogP contribution in [0.2, 0.25) is 0 Å². The van der Waals surface area contributed by atoms with Crippen LogP contribution < -0.4 is 5.73 Å². The second kappa shape index (κ2) is 4.07. The highest BCUT2D eigenvalue weighted by atomic mass is 32.1. The number of carboxylic acids is 1. The van der Waals surface area contributed by atoms with Gasteiger partial charge in [0.2, 0.25) is 0 Å². The maximum absolute atomic E-state index is 10.7. The van der Waals surface area contributed by atoms with Gasteiger partial charge in [-0.3, -0.25) is 4.79 Å². The van der Waals surface area contributed by atoms with E-state index in [2.05, 4.69) is 4.98 Å². The molecule has 2 aromatic heterocycles. The van der Waals surface area contributed by atoms with Crippen LogP contribution in [-0.2, 0) is 4.79 Å². The molecule has 6 heteroatoms. The normalized spacial score (nSPS) is 12.6. The first-order chi connectivity index (χ1) is 7.59. The summed E-state index contributed by atoms with van der Waals surface area (Å²) in [5.74, 6) is -0.429. The first-order valence-electron chi connectivity index (χ1n) is 4.58. The fourth-order valence-corrected chi connectivity index (χ4v) is 2.16. The van der Waals surface area contributed by atoms with Crippen molar-refractivity contribution in [2.45, 2.75) is 13.0 Å². The number of aromatic nitrogens is 1. The lowest BCUT2D eigenvalue weighted by atomic mass is 10.2. The zero-order valence-electron chi connectivity index (χ0n) is 8.51. The number of nitrogens with zero attached hydrogens (tertiary/aromatic N) is 1. The van der Waals surface area contributed by atoms with Crippen molar-refractivity contribution in [3.05, 3.63) is 29.0 Å². The number of furan rings is 1. The van der Waals surface area contributed by atoms with Gasteiger partial charge in [0.05, 0.1) is 12.0 Å². The third-order valence-electron chi connectivity index (χ3n) is 2.16. The van der Waals surface area contributed by atoms with Gasteiger partial charge in [-0.25, -0.2) is 4.98 Å². The van der Waals surface area contributed by atoms with Crippen LogP contribution in [0, 0.1) is 6.92 Å². The van der Waals surface area contributed by atoms with Crippen molar-refractivity contribution in [3.63, 3.8) is 0 Å². The Kier molecular flexibility index (Phi) is 2.76. The van der Waals surface area contributed by atoms with Gasteiger partial charge in [0.25, 0.3) is 0 Å². The van der Waals surface area contributed by atoms with Crippen LogP contribution in [0.4, 0.5) is 0 Å². The molecule has 0 aromatic carbocycles. The molecule has 5 nitrogen and oxygen atoms in total. The molecule has 0 bridgehead atoms. The van der Waals surface area contributed by atoms with Gasteiger partial charge in [-0.1, -0.05) is 0 Å². The molecule has 1 unspecified atom stereocenters. The second-order valence-electron chi connectivity index (χ2n) is 3.33. The van der Waals surface area contributed by atoms with Crippen molar-refractivity contribution in [2.24, 2.45) is 5.73 Å². The molecule has 1 atom stereocenters. The van der Waals surface area contributed by atoms with E-state index in [1.54, 1.807) is 11.6 Å². The van der Waals surface area contributed by atoms with Gasteiger partial charge in [0, 0.05) is 5.38 Å². The molecule has 84 valence electrons. The molecule has 0 fully saturated rings. The van der Waals surface area contributed by atoms with Crippen LogP contribution in [0.25, 0.3) is 10.8 Å². The number of hydrogen-bond acceptors (Lipinski definition) is 5. The molecule has 0 saturated carbocycles. The maximum atomic E-state index is 10.7. The van der Waals surface area contributed by atoms with E-state index in [1.807, 2.05) is 13.0 Å². The van der Waals surface area contributed by atoms with Gasteiger partial charge in [-0.2, -0.15) is 0 Å². The number of thiazole rings is 1. The summed E-state index contributed by atoms with van der Waals surface area (Å²) >= 11 is 1.32. The minimum atomic E-state index is -1.09. The topological polar surface area (TPSA) is 89.4 Å². The molecule has 2 heterocycles. The zero-order chi connectivity index (χ0) is 11.7. The molecule has 0 radical (unpaired) electrons. The van der Waals surface area contributed by atoms with E-state index >= 15 is 0 Å². The maximum Gasteiger partial charge on any atom is 0.326 e. The van der Waals surface area contributed by atoms with Gasteiger partial charge in [0.15, 0.2) is 10.8 Å². The fraction of sp³-hybridized carbons (Fsp3) is 0.200. The van der Waals surface area contributed by atoms with Crippen molar-refractivity contribution >= 4 is 17.3 Å². The molecular formula is C10H10N2O3S. The van der Waals surface area contributed by atoms with Crippen LogP contribution in [-0.4, -0.2) is 16.1 Å². The van der Waals surface area contributed by atoms with Crippen molar-refractivity contribution in [3.8, 4) is 10.8 Å². The number of carbonyl (C=O) groups is 1. The van der Waals surface area contributed by atoms with Crippen LogP contribution in [0.3, 0.4) is 0 Å². The summed E-state index contributed by atoms with van der Waals surface area (Å²) < 4.78 is 5.26. The van der Waals surface area contributed by atoms with Crippen LogP contribution in [0.1, 0.15) is 17.3 Å². The summed E-state index contributed by atoms with van der Waals surface area (Å²) in [4.78, 5) is 14.8. The Morgan fingerprint density at radius 3 is 3.00 bits per heavy atom. The zero-order valence-corrected chi connectivity index (χ0v) is 9.32. The van der Waals surface area contributed by atoms with E-state index in [9.17, 15) is 4.79 Å². The van der Waals surface area contributed by atoms with Crippen LogP contribution in [0.15, 0.2) is 22.1 Å². The highest BCUT2D eigenvalue weighted by molar-refractivity contribution is 7.13. The predicted molar refractivity (Wildman–Crippen MR) is 59.1 cm³/mol. The van der Waals surface area contributed by atoms with Gasteiger partial charge in [-0.15, -0.1) is 11.3 Å². The molecule has 0 aliphatic rings. The van der Waals surface area contributed by atoms with Gasteiger partial charge in [0.1, 0.15) is 6.04 Å². The smallest absolute Gasteiger partial charge is 0.326 e. The van der Waals surface area contributed by atoms with E-state index in [0.717, 1.165) is 5.56 Å². The molecule has 0 aliphatic carbocycles. The van der Waals surface area contributed by atoms with Gasteiger partial charge >= 0.3 is 5.97 Å². The molecule has 0 aliphatic heterocycles. The molecule has 3 N–H and O–H groups in total. The Morgan fingerprint density at radius 2 is 2.44 bits per heavy atom. The minimum Gasteiger partial charge on any atom is -0.480 e. The third kappa shape index (κ3) is 1.84. The standard InChI is InChI=1S/C10H10N2O3S/c1-5-2-3-15-8(5)9-12-6(4-16-9)7(11)10(13)14/h2-4,7H,11H2,1H3,(H,13,14). The molecule has 0 spiro atoms. The molecule has 0 amide bonds. The molecule has 0 saturated heterocycles. The summed E-state index contributed by atoms with van der Waals surface area (Å²) in [5, 5.41) is 11.0. The summed E-state index contributed by atoms with van der Waals surface area (Å²) in [5.41, 5.74) is 6.77. The monoisotopic (exact) mass is 238 g/mol. The lowest BCUT2D eigenvalue weighted by Gasteiger charge is -2.00. The van der Waals surface area contributed by atoms with Gasteiger partial charge in [-0.05, 0) is 18.6 Å². The quantitative estimate of drug-likeness (QED) is 0.850. The summed E-state index contributed by atoms with van der Waals surface area (Å²) in [6.45, 7) is 1.90. The number of carboxylic acid groups (broad SMARTS) is 1. The fourth-order valence-electron chi connectivity index (χ4n) is 1.25. The van der Waals surface area contributed by atoms with E-state index in [1.165, 1.54) is 11.3 Å². The highest BCUT2D eigenvalue weighted by Gasteiger charge is 2.19. The van der Waals surface area contributed by atoms with E-state index in [0.29, 0.717) is 16.5 Å². The van der Waals surface area contributed by atoms with Crippen molar-refractivity contribution in [1.29, 1.82) is 0 Å². The summed E-state index contributed by atoms with van der Waals surface area (Å²) in [6, 6.07) is 0.744. The second-order valence-corrected chi connectivity index (χ2v) is 4.18. The average molecular weight is 238 g/mol. The summed E-state index contributed by atoms with van der Waals surface area (Å²) in [6.07, 6.45) is 1.57. The SMILES string of the molecule is Cc1ccoc1-c1nc(C(N)C(=O)O)cs1. The number of rotatable bonds is 3. The molecular weight excluding hydrogens is 228 g/mol.